The molecule has 2 heterocycles. The van der Waals surface area contributed by atoms with Crippen LogP contribution in [-0.4, -0.2) is 48.6 Å². The Balaban J connectivity index is 1.47. The van der Waals surface area contributed by atoms with E-state index in [4.69, 9.17) is 6.57 Å². The van der Waals surface area contributed by atoms with E-state index in [1.54, 1.807) is 18.3 Å². The summed E-state index contributed by atoms with van der Waals surface area (Å²) in [5, 5.41) is 2.98. The molecule has 1 aliphatic heterocycles. The van der Waals surface area contributed by atoms with Gasteiger partial charge in [-0.25, -0.2) is 9.64 Å². The van der Waals surface area contributed by atoms with Gasteiger partial charge in [-0.15, -0.1) is 0 Å². The number of rotatable bonds is 4. The second kappa shape index (κ2) is 8.15. The van der Waals surface area contributed by atoms with Crippen molar-refractivity contribution in [3.8, 4) is 0 Å². The first-order valence-corrected chi connectivity index (χ1v) is 8.42. The zero-order chi connectivity index (χ0) is 17.5. The molecule has 1 N–H and O–H groups in total. The van der Waals surface area contributed by atoms with Crippen molar-refractivity contribution in [3.63, 3.8) is 0 Å². The van der Waals surface area contributed by atoms with E-state index in [2.05, 4.69) is 32.2 Å². The highest BCUT2D eigenvalue weighted by Gasteiger charge is 2.22. The van der Waals surface area contributed by atoms with E-state index in [0.717, 1.165) is 6.42 Å². The fourth-order valence-electron chi connectivity index (χ4n) is 2.91. The van der Waals surface area contributed by atoms with Gasteiger partial charge in [-0.1, -0.05) is 42.5 Å². The molecule has 128 valence electrons. The topological polar surface area (TPSA) is 52.8 Å². The third kappa shape index (κ3) is 4.27. The van der Waals surface area contributed by atoms with Crippen LogP contribution in [0.25, 0.3) is 4.85 Å². The molecule has 0 bridgehead atoms. The number of aromatic nitrogens is 1. The van der Waals surface area contributed by atoms with Crippen molar-refractivity contribution in [2.45, 2.75) is 6.42 Å². The van der Waals surface area contributed by atoms with Crippen LogP contribution in [-0.2, 0) is 6.42 Å². The Labute approximate surface area is 147 Å². The first-order chi connectivity index (χ1) is 12.3. The van der Waals surface area contributed by atoms with Gasteiger partial charge in [0.05, 0.1) is 6.57 Å². The molecular formula is C19H21N5O. The fraction of sp³-hybridized carbons (Fsp3) is 0.316. The van der Waals surface area contributed by atoms with E-state index in [9.17, 15) is 4.79 Å². The van der Waals surface area contributed by atoms with Gasteiger partial charge in [0.1, 0.15) is 5.82 Å². The van der Waals surface area contributed by atoms with Gasteiger partial charge in [-0.2, -0.15) is 0 Å². The van der Waals surface area contributed by atoms with Gasteiger partial charge in [0.2, 0.25) is 5.69 Å². The fourth-order valence-corrected chi connectivity index (χ4v) is 2.91. The summed E-state index contributed by atoms with van der Waals surface area (Å²) in [5.41, 5.74) is 1.78. The number of carbonyl (C=O) groups excluding carboxylic acids is 1. The number of nitrogens with zero attached hydrogens (tertiary/aromatic N) is 4. The summed E-state index contributed by atoms with van der Waals surface area (Å²) >= 11 is 0. The first-order valence-electron chi connectivity index (χ1n) is 8.42. The molecule has 6 heteroatoms. The van der Waals surface area contributed by atoms with Crippen molar-refractivity contribution in [1.82, 2.24) is 15.2 Å². The minimum absolute atomic E-state index is 0.0259. The van der Waals surface area contributed by atoms with Gasteiger partial charge in [0, 0.05) is 38.9 Å². The summed E-state index contributed by atoms with van der Waals surface area (Å²) in [6.45, 7) is 10.5. The molecule has 1 aliphatic rings. The van der Waals surface area contributed by atoms with Crippen LogP contribution in [0, 0.1) is 6.57 Å². The molecule has 0 radical (unpaired) electrons. The van der Waals surface area contributed by atoms with Crippen LogP contribution in [0.15, 0.2) is 48.7 Å². The Morgan fingerprint density at radius 2 is 1.88 bits per heavy atom. The SMILES string of the molecule is [C-]#[N+]c1cccnc1N1CCN(C(=O)NCCc2ccccc2)CC1. The minimum Gasteiger partial charge on any atom is -0.362 e. The van der Waals surface area contributed by atoms with Crippen LogP contribution in [0.1, 0.15) is 5.56 Å². The second-order valence-electron chi connectivity index (χ2n) is 5.90. The van der Waals surface area contributed by atoms with Crippen LogP contribution < -0.4 is 10.2 Å². The molecule has 6 nitrogen and oxygen atoms in total. The smallest absolute Gasteiger partial charge is 0.317 e. The Kier molecular flexibility index (Phi) is 5.47. The zero-order valence-electron chi connectivity index (χ0n) is 14.1. The molecule has 0 unspecified atom stereocenters. The van der Waals surface area contributed by atoms with Crippen molar-refractivity contribution in [2.24, 2.45) is 0 Å². The van der Waals surface area contributed by atoms with Gasteiger partial charge in [0.15, 0.2) is 0 Å². The van der Waals surface area contributed by atoms with E-state index in [-0.39, 0.29) is 6.03 Å². The van der Waals surface area contributed by atoms with Crippen molar-refractivity contribution in [3.05, 3.63) is 65.6 Å². The van der Waals surface area contributed by atoms with E-state index in [0.29, 0.717) is 44.2 Å². The van der Waals surface area contributed by atoms with Gasteiger partial charge >= 0.3 is 6.03 Å². The molecule has 2 amide bonds. The van der Waals surface area contributed by atoms with Crippen LogP contribution >= 0.6 is 0 Å². The third-order valence-electron chi connectivity index (χ3n) is 4.29. The molecule has 25 heavy (non-hydrogen) atoms. The molecule has 0 spiro atoms. The number of pyridine rings is 1. The number of amides is 2. The number of urea groups is 1. The number of hydrogen-bond acceptors (Lipinski definition) is 3. The molecule has 1 fully saturated rings. The maximum atomic E-state index is 12.3. The third-order valence-corrected chi connectivity index (χ3v) is 4.29. The Morgan fingerprint density at radius 3 is 2.60 bits per heavy atom. The Morgan fingerprint density at radius 1 is 1.12 bits per heavy atom. The van der Waals surface area contributed by atoms with Crippen molar-refractivity contribution in [1.29, 1.82) is 0 Å². The summed E-state index contributed by atoms with van der Waals surface area (Å²) < 4.78 is 0. The van der Waals surface area contributed by atoms with Gasteiger partial charge in [-0.05, 0) is 12.0 Å². The highest BCUT2D eigenvalue weighted by Crippen LogP contribution is 2.26. The van der Waals surface area contributed by atoms with Crippen molar-refractivity contribution >= 4 is 17.5 Å². The normalized spacial score (nSPS) is 14.0. The molecule has 0 saturated carbocycles. The van der Waals surface area contributed by atoms with Gasteiger partial charge in [0.25, 0.3) is 0 Å². The quantitative estimate of drug-likeness (QED) is 0.874. The summed E-state index contributed by atoms with van der Waals surface area (Å²) in [6, 6.07) is 13.6. The summed E-state index contributed by atoms with van der Waals surface area (Å²) in [6.07, 6.45) is 2.53. The molecule has 3 rings (SSSR count). The summed E-state index contributed by atoms with van der Waals surface area (Å²) in [7, 11) is 0. The number of nitrogens with one attached hydrogen (secondary N) is 1. The molecule has 0 atom stereocenters. The largest absolute Gasteiger partial charge is 0.362 e. The van der Waals surface area contributed by atoms with E-state index in [1.807, 2.05) is 23.1 Å². The van der Waals surface area contributed by atoms with Crippen molar-refractivity contribution in [2.75, 3.05) is 37.6 Å². The summed E-state index contributed by atoms with van der Waals surface area (Å²) in [4.78, 5) is 24.0. The van der Waals surface area contributed by atoms with Gasteiger partial charge < -0.3 is 15.1 Å². The lowest BCUT2D eigenvalue weighted by Gasteiger charge is -2.35. The van der Waals surface area contributed by atoms with Crippen molar-refractivity contribution < 1.29 is 4.79 Å². The minimum atomic E-state index is -0.0259. The maximum Gasteiger partial charge on any atom is 0.317 e. The molecule has 1 aromatic heterocycles. The Bertz CT molecular complexity index is 748. The maximum absolute atomic E-state index is 12.3. The van der Waals surface area contributed by atoms with E-state index >= 15 is 0 Å². The lowest BCUT2D eigenvalue weighted by Crippen LogP contribution is -2.52. The summed E-state index contributed by atoms with van der Waals surface area (Å²) in [5.74, 6) is 0.710. The molecular weight excluding hydrogens is 314 g/mol. The predicted molar refractivity (Wildman–Crippen MR) is 97.8 cm³/mol. The molecule has 0 aliphatic carbocycles. The monoisotopic (exact) mass is 335 g/mol. The molecule has 1 aromatic carbocycles. The van der Waals surface area contributed by atoms with Crippen LogP contribution in [0.5, 0.6) is 0 Å². The standard InChI is InChI=1S/C19H21N5O/c1-20-17-8-5-10-21-18(17)23-12-14-24(15-13-23)19(25)22-11-9-16-6-3-2-4-7-16/h2-8,10H,9,11-15H2,(H,22,25). The van der Waals surface area contributed by atoms with E-state index < -0.39 is 0 Å². The number of piperazine rings is 1. The lowest BCUT2D eigenvalue weighted by molar-refractivity contribution is 0.194. The number of hydrogen-bond donors (Lipinski definition) is 1. The molecule has 2 aromatic rings. The first kappa shape index (κ1) is 16.8. The predicted octanol–water partition coefficient (Wildman–Crippen LogP) is 2.71. The number of anilines is 1. The zero-order valence-corrected chi connectivity index (χ0v) is 14.1. The lowest BCUT2D eigenvalue weighted by atomic mass is 10.1. The number of benzene rings is 1. The molecule has 1 saturated heterocycles. The highest BCUT2D eigenvalue weighted by atomic mass is 16.2. The van der Waals surface area contributed by atoms with E-state index in [1.165, 1.54) is 5.56 Å². The van der Waals surface area contributed by atoms with Crippen LogP contribution in [0.4, 0.5) is 16.3 Å². The van der Waals surface area contributed by atoms with Crippen LogP contribution in [0.3, 0.4) is 0 Å². The van der Waals surface area contributed by atoms with Crippen LogP contribution in [0.2, 0.25) is 0 Å². The average Bonchev–Trinajstić information content (AvgIpc) is 2.69. The average molecular weight is 335 g/mol. The second-order valence-corrected chi connectivity index (χ2v) is 5.90. The Hall–Kier alpha value is -3.07. The van der Waals surface area contributed by atoms with Gasteiger partial charge in [-0.3, -0.25) is 4.98 Å². The highest BCUT2D eigenvalue weighted by molar-refractivity contribution is 5.75. The number of carbonyl (C=O) groups is 1.